The summed E-state index contributed by atoms with van der Waals surface area (Å²) in [6.45, 7) is 8.68. The summed E-state index contributed by atoms with van der Waals surface area (Å²) in [5.41, 5.74) is 3.42. The van der Waals surface area contributed by atoms with E-state index in [0.717, 1.165) is 44.1 Å². The first-order chi connectivity index (χ1) is 20.3. The summed E-state index contributed by atoms with van der Waals surface area (Å²) in [5, 5.41) is 12.3. The molecule has 0 saturated carbocycles. The van der Waals surface area contributed by atoms with Gasteiger partial charge in [-0.25, -0.2) is 14.6 Å². The lowest BCUT2D eigenvalue weighted by Crippen LogP contribution is -2.38. The number of hydrogen-bond donors (Lipinski definition) is 3. The van der Waals surface area contributed by atoms with Gasteiger partial charge in [0.1, 0.15) is 23.5 Å². The normalized spacial score (nSPS) is 12.7. The molecule has 0 amide bonds. The molecule has 43 heavy (non-hydrogen) atoms. The average Bonchev–Trinajstić information content (AvgIpc) is 3.07. The standard InChI is InChI=1S/C32H31N5O6/c1-17-6-10-21-19(12-17)8-9-20-13-18(2)7-11-22(20)26(21)23-14-35-31(42)37(28(23)39)30-34-15-24(29(40)41)27(36-30)33-16-25(38)43-32(3,4)5/h6-15,26H,16H2,1-5H3,(H,35,42)(H,40,41)(H,33,34,36). The minimum absolute atomic E-state index is 0.250. The minimum Gasteiger partial charge on any atom is -0.477 e. The molecule has 0 unspecified atom stereocenters. The zero-order chi connectivity index (χ0) is 31.1. The summed E-state index contributed by atoms with van der Waals surface area (Å²) < 4.78 is 6.03. The molecule has 11 heteroatoms. The van der Waals surface area contributed by atoms with Gasteiger partial charge in [0.15, 0.2) is 0 Å². The monoisotopic (exact) mass is 581 g/mol. The van der Waals surface area contributed by atoms with Gasteiger partial charge < -0.3 is 20.1 Å². The van der Waals surface area contributed by atoms with E-state index in [1.807, 2.05) is 62.4 Å². The van der Waals surface area contributed by atoms with Crippen molar-refractivity contribution >= 4 is 29.9 Å². The fourth-order valence-corrected chi connectivity index (χ4v) is 5.07. The van der Waals surface area contributed by atoms with Crippen LogP contribution in [0.4, 0.5) is 5.82 Å². The van der Waals surface area contributed by atoms with Gasteiger partial charge >= 0.3 is 17.6 Å². The number of hydrogen-bond acceptors (Lipinski definition) is 8. The van der Waals surface area contributed by atoms with E-state index in [1.54, 1.807) is 20.8 Å². The third-order valence-electron chi connectivity index (χ3n) is 6.89. The molecule has 11 nitrogen and oxygen atoms in total. The Bertz CT molecular complexity index is 1860. The smallest absolute Gasteiger partial charge is 0.341 e. The van der Waals surface area contributed by atoms with Crippen molar-refractivity contribution in [3.63, 3.8) is 0 Å². The summed E-state index contributed by atoms with van der Waals surface area (Å²) in [7, 11) is 0. The van der Waals surface area contributed by atoms with E-state index in [4.69, 9.17) is 4.74 Å². The lowest BCUT2D eigenvalue weighted by molar-refractivity contribution is -0.152. The number of ether oxygens (including phenoxy) is 1. The van der Waals surface area contributed by atoms with Crippen LogP contribution in [-0.4, -0.2) is 48.7 Å². The van der Waals surface area contributed by atoms with Gasteiger partial charge in [0, 0.05) is 23.9 Å². The molecule has 0 bridgehead atoms. The Morgan fingerprint density at radius 3 is 2.16 bits per heavy atom. The zero-order valence-electron chi connectivity index (χ0n) is 24.4. The molecule has 3 N–H and O–H groups in total. The Balaban J connectivity index is 1.65. The second-order valence-corrected chi connectivity index (χ2v) is 11.4. The number of esters is 1. The van der Waals surface area contributed by atoms with E-state index < -0.39 is 41.3 Å². The molecule has 1 aliphatic rings. The predicted molar refractivity (Wildman–Crippen MR) is 162 cm³/mol. The number of rotatable bonds is 6. The van der Waals surface area contributed by atoms with Gasteiger partial charge in [-0.1, -0.05) is 59.7 Å². The lowest BCUT2D eigenvalue weighted by Gasteiger charge is -2.21. The van der Waals surface area contributed by atoms with E-state index in [0.29, 0.717) is 0 Å². The molecule has 0 saturated heterocycles. The van der Waals surface area contributed by atoms with Gasteiger partial charge in [0.2, 0.25) is 5.95 Å². The summed E-state index contributed by atoms with van der Waals surface area (Å²) in [5.74, 6) is -3.16. The first-order valence-corrected chi connectivity index (χ1v) is 13.6. The molecule has 1 aliphatic carbocycles. The fraction of sp³-hybridized carbons (Fsp3) is 0.250. The van der Waals surface area contributed by atoms with Crippen LogP contribution in [0.1, 0.15) is 76.0 Å². The number of aromatic nitrogens is 4. The lowest BCUT2D eigenvalue weighted by atomic mass is 9.82. The van der Waals surface area contributed by atoms with Gasteiger partial charge in [0.05, 0.1) is 0 Å². The highest BCUT2D eigenvalue weighted by Gasteiger charge is 2.28. The van der Waals surface area contributed by atoms with Crippen LogP contribution in [0.3, 0.4) is 0 Å². The second-order valence-electron chi connectivity index (χ2n) is 11.4. The molecule has 0 fully saturated rings. The number of aryl methyl sites for hydroxylation is 2. The molecule has 2 heterocycles. The number of nitrogens with one attached hydrogen (secondary N) is 2. The number of carboxylic acids is 1. The number of carbonyl (C=O) groups is 2. The van der Waals surface area contributed by atoms with Crippen molar-refractivity contribution in [3.8, 4) is 5.95 Å². The molecule has 2 aromatic heterocycles. The summed E-state index contributed by atoms with van der Waals surface area (Å²) in [4.78, 5) is 62.2. The fourth-order valence-electron chi connectivity index (χ4n) is 5.07. The maximum atomic E-state index is 14.1. The van der Waals surface area contributed by atoms with Crippen molar-refractivity contribution in [3.05, 3.63) is 114 Å². The first-order valence-electron chi connectivity index (χ1n) is 13.6. The van der Waals surface area contributed by atoms with Crippen LogP contribution in [0.5, 0.6) is 0 Å². The number of aromatic amines is 1. The molecule has 5 rings (SSSR count). The Morgan fingerprint density at radius 1 is 1.00 bits per heavy atom. The Hall–Kier alpha value is -5.32. The predicted octanol–water partition coefficient (Wildman–Crippen LogP) is 4.05. The highest BCUT2D eigenvalue weighted by molar-refractivity contribution is 5.93. The highest BCUT2D eigenvalue weighted by Crippen LogP contribution is 2.38. The van der Waals surface area contributed by atoms with Crippen LogP contribution in [0, 0.1) is 13.8 Å². The second kappa shape index (κ2) is 11.2. The Kier molecular flexibility index (Phi) is 7.58. The summed E-state index contributed by atoms with van der Waals surface area (Å²) in [6, 6.07) is 12.0. The van der Waals surface area contributed by atoms with Crippen LogP contribution in [0.25, 0.3) is 18.1 Å². The van der Waals surface area contributed by atoms with E-state index in [-0.39, 0.29) is 22.9 Å². The number of aromatic carboxylic acids is 1. The van der Waals surface area contributed by atoms with Crippen LogP contribution in [-0.2, 0) is 9.53 Å². The minimum atomic E-state index is -1.36. The Morgan fingerprint density at radius 2 is 1.60 bits per heavy atom. The molecular weight excluding hydrogens is 550 g/mol. The third-order valence-corrected chi connectivity index (χ3v) is 6.89. The number of nitrogens with zero attached hydrogens (tertiary/aromatic N) is 3. The average molecular weight is 582 g/mol. The van der Waals surface area contributed by atoms with Gasteiger partial charge in [-0.2, -0.15) is 9.55 Å². The molecule has 0 spiro atoms. The van der Waals surface area contributed by atoms with Crippen LogP contribution >= 0.6 is 0 Å². The van der Waals surface area contributed by atoms with Crippen molar-refractivity contribution in [2.24, 2.45) is 0 Å². The van der Waals surface area contributed by atoms with Gasteiger partial charge in [-0.15, -0.1) is 0 Å². The van der Waals surface area contributed by atoms with Crippen molar-refractivity contribution in [1.29, 1.82) is 0 Å². The largest absolute Gasteiger partial charge is 0.477 e. The first kappa shape index (κ1) is 29.2. The number of H-pyrrole nitrogens is 1. The Labute approximate surface area is 246 Å². The highest BCUT2D eigenvalue weighted by atomic mass is 16.6. The van der Waals surface area contributed by atoms with E-state index in [9.17, 15) is 24.3 Å². The van der Waals surface area contributed by atoms with E-state index >= 15 is 0 Å². The molecule has 0 atom stereocenters. The van der Waals surface area contributed by atoms with Gasteiger partial charge in [-0.3, -0.25) is 9.59 Å². The quantitative estimate of drug-likeness (QED) is 0.252. The molecule has 2 aromatic carbocycles. The molecular formula is C32H31N5O6. The number of benzene rings is 2. The van der Waals surface area contributed by atoms with Crippen LogP contribution < -0.4 is 16.6 Å². The number of anilines is 1. The molecule has 4 aromatic rings. The van der Waals surface area contributed by atoms with Gasteiger partial charge in [0.25, 0.3) is 5.56 Å². The zero-order valence-corrected chi connectivity index (χ0v) is 24.4. The SMILES string of the molecule is Cc1ccc2c(c1)C=Cc1cc(C)ccc1C2c1c[nH]c(=O)n(-c2ncc(C(=O)O)c(NCC(=O)OC(C)(C)C)n2)c1=O. The summed E-state index contributed by atoms with van der Waals surface area (Å²) in [6.07, 6.45) is 6.41. The van der Waals surface area contributed by atoms with E-state index in [1.165, 1.54) is 6.20 Å². The topological polar surface area (TPSA) is 156 Å². The van der Waals surface area contributed by atoms with Gasteiger partial charge in [-0.05, 0) is 56.9 Å². The van der Waals surface area contributed by atoms with Crippen molar-refractivity contribution in [2.75, 3.05) is 11.9 Å². The third kappa shape index (κ3) is 6.01. The van der Waals surface area contributed by atoms with Crippen molar-refractivity contribution in [1.82, 2.24) is 19.5 Å². The molecule has 220 valence electrons. The van der Waals surface area contributed by atoms with E-state index in [2.05, 4.69) is 20.3 Å². The van der Waals surface area contributed by atoms with Crippen molar-refractivity contribution < 1.29 is 19.4 Å². The molecule has 0 radical (unpaired) electrons. The maximum absolute atomic E-state index is 14.1. The van der Waals surface area contributed by atoms with Crippen LogP contribution in [0.15, 0.2) is 58.4 Å². The maximum Gasteiger partial charge on any atom is 0.341 e. The number of carbonyl (C=O) groups excluding carboxylic acids is 1. The number of fused-ring (bicyclic) bond motifs is 2. The molecule has 0 aliphatic heterocycles. The summed E-state index contributed by atoms with van der Waals surface area (Å²) >= 11 is 0. The number of carboxylic acid groups (broad SMARTS) is 1. The van der Waals surface area contributed by atoms with Crippen LogP contribution in [0.2, 0.25) is 0 Å². The van der Waals surface area contributed by atoms with Crippen molar-refractivity contribution in [2.45, 2.75) is 46.1 Å².